The topological polar surface area (TPSA) is 72.8 Å². The first kappa shape index (κ1) is 9.35. The molecule has 1 N–H and O–H groups in total. The first-order chi connectivity index (χ1) is 5.95. The highest BCUT2D eigenvalue weighted by molar-refractivity contribution is 5.80. The summed E-state index contributed by atoms with van der Waals surface area (Å²) < 4.78 is 9.74. The summed E-state index contributed by atoms with van der Waals surface area (Å²) in [7, 11) is 0. The van der Waals surface area contributed by atoms with Gasteiger partial charge in [-0.05, 0) is 13.8 Å². The second-order valence-corrected chi connectivity index (χ2v) is 2.95. The molecule has 0 aromatic rings. The fraction of sp³-hybridized carbons (Fsp3) is 0.375. The number of carboxylic acids is 1. The largest absolute Gasteiger partial charge is 0.478 e. The molecule has 1 heterocycles. The van der Waals surface area contributed by atoms with Gasteiger partial charge in [0.25, 0.3) is 0 Å². The summed E-state index contributed by atoms with van der Waals surface area (Å²) in [4.78, 5) is 20.5. The monoisotopic (exact) mass is 184 g/mol. The van der Waals surface area contributed by atoms with E-state index in [1.54, 1.807) is 13.8 Å². The van der Waals surface area contributed by atoms with Crippen molar-refractivity contribution in [2.75, 3.05) is 0 Å². The number of hydrogen-bond acceptors (Lipinski definition) is 4. The van der Waals surface area contributed by atoms with E-state index >= 15 is 0 Å². The van der Waals surface area contributed by atoms with Crippen LogP contribution < -0.4 is 0 Å². The number of hydrogen-bond donors (Lipinski definition) is 1. The van der Waals surface area contributed by atoms with Crippen LogP contribution in [0.4, 0.5) is 0 Å². The van der Waals surface area contributed by atoms with E-state index in [9.17, 15) is 9.59 Å². The Morgan fingerprint density at radius 2 is 2.23 bits per heavy atom. The molecule has 0 atom stereocenters. The Morgan fingerprint density at radius 1 is 1.62 bits per heavy atom. The predicted molar refractivity (Wildman–Crippen MR) is 41.2 cm³/mol. The lowest BCUT2D eigenvalue weighted by Crippen LogP contribution is -2.20. The maximum atomic E-state index is 10.3. The van der Waals surface area contributed by atoms with E-state index in [1.807, 2.05) is 0 Å². The third-order valence-corrected chi connectivity index (χ3v) is 1.48. The molecule has 5 heteroatoms. The van der Waals surface area contributed by atoms with Crippen molar-refractivity contribution in [3.8, 4) is 0 Å². The van der Waals surface area contributed by atoms with Gasteiger partial charge in [0.05, 0.1) is 6.08 Å². The Hall–Kier alpha value is -1.74. The van der Waals surface area contributed by atoms with E-state index in [2.05, 4.69) is 0 Å². The van der Waals surface area contributed by atoms with E-state index in [-0.39, 0.29) is 11.7 Å². The Labute approximate surface area is 74.3 Å². The van der Waals surface area contributed by atoms with Crippen LogP contribution in [0.25, 0.3) is 0 Å². The van der Waals surface area contributed by atoms with Crippen molar-refractivity contribution in [3.05, 3.63) is 17.8 Å². The highest BCUT2D eigenvalue weighted by atomic mass is 16.7. The fourth-order valence-corrected chi connectivity index (χ4v) is 0.883. The molecule has 1 saturated heterocycles. The average Bonchev–Trinajstić information content (AvgIpc) is 2.26. The molecular weight excluding hydrogens is 176 g/mol. The zero-order chi connectivity index (χ0) is 10.1. The first-order valence-electron chi connectivity index (χ1n) is 3.53. The fourth-order valence-electron chi connectivity index (χ4n) is 0.883. The number of ether oxygens (including phenoxy) is 2. The van der Waals surface area contributed by atoms with Gasteiger partial charge >= 0.3 is 11.9 Å². The summed E-state index contributed by atoms with van der Waals surface area (Å²) in [6, 6.07) is 0. The van der Waals surface area contributed by atoms with Crippen molar-refractivity contribution in [3.63, 3.8) is 0 Å². The molecule has 70 valence electrons. The molecule has 0 radical (unpaired) electrons. The van der Waals surface area contributed by atoms with Gasteiger partial charge in [-0.2, -0.15) is 0 Å². The molecule has 0 bridgehead atoms. The summed E-state index contributed by atoms with van der Waals surface area (Å²) in [6.45, 7) is 3.18. The molecule has 0 aliphatic carbocycles. The van der Waals surface area contributed by atoms with Gasteiger partial charge < -0.3 is 14.6 Å². The summed E-state index contributed by atoms with van der Waals surface area (Å²) in [5.41, 5.74) is -0.925. The SMILES string of the molecule is CC1(C)OC(=C=O)O/C1=C/C(=O)O. The van der Waals surface area contributed by atoms with E-state index in [0.717, 1.165) is 6.08 Å². The van der Waals surface area contributed by atoms with Crippen molar-refractivity contribution >= 4 is 11.9 Å². The Morgan fingerprint density at radius 3 is 2.62 bits per heavy atom. The standard InChI is InChI=1S/C8H8O5/c1-8(2)5(3-6(10)11)12-7(4-9)13-8/h3H,1-2H3,(H,10,11)/b5-3+. The predicted octanol–water partition coefficient (Wildman–Crippen LogP) is 0.453. The van der Waals surface area contributed by atoms with E-state index in [0.29, 0.717) is 0 Å². The number of carboxylic acid groups (broad SMARTS) is 1. The van der Waals surface area contributed by atoms with Crippen molar-refractivity contribution < 1.29 is 24.2 Å². The zero-order valence-corrected chi connectivity index (χ0v) is 7.16. The van der Waals surface area contributed by atoms with Gasteiger partial charge in [0.1, 0.15) is 0 Å². The van der Waals surface area contributed by atoms with Crippen LogP contribution in [0.15, 0.2) is 17.8 Å². The van der Waals surface area contributed by atoms with Crippen LogP contribution in [-0.4, -0.2) is 22.6 Å². The molecule has 0 saturated carbocycles. The smallest absolute Gasteiger partial charge is 0.376 e. The van der Waals surface area contributed by atoms with Crippen molar-refractivity contribution in [1.29, 1.82) is 0 Å². The number of rotatable bonds is 1. The van der Waals surface area contributed by atoms with Gasteiger partial charge in [0.2, 0.25) is 5.94 Å². The molecular formula is C8H8O5. The summed E-state index contributed by atoms with van der Waals surface area (Å²) in [5.74, 6) is 0.00349. The van der Waals surface area contributed by atoms with Crippen molar-refractivity contribution in [1.82, 2.24) is 0 Å². The maximum Gasteiger partial charge on any atom is 0.376 e. The van der Waals surface area contributed by atoms with Crippen LogP contribution in [0.5, 0.6) is 0 Å². The van der Waals surface area contributed by atoms with Crippen LogP contribution in [0, 0.1) is 0 Å². The maximum absolute atomic E-state index is 10.3. The molecule has 0 spiro atoms. The van der Waals surface area contributed by atoms with Crippen molar-refractivity contribution in [2.45, 2.75) is 19.4 Å². The van der Waals surface area contributed by atoms with Crippen LogP contribution in [0.1, 0.15) is 13.8 Å². The number of aliphatic carboxylic acids is 1. The molecule has 0 amide bonds. The molecule has 0 aromatic carbocycles. The Kier molecular flexibility index (Phi) is 2.12. The van der Waals surface area contributed by atoms with Crippen LogP contribution in [0.3, 0.4) is 0 Å². The van der Waals surface area contributed by atoms with Crippen LogP contribution in [0.2, 0.25) is 0 Å². The lowest BCUT2D eigenvalue weighted by atomic mass is 10.1. The summed E-state index contributed by atoms with van der Waals surface area (Å²) in [6.07, 6.45) is 0.852. The van der Waals surface area contributed by atoms with Gasteiger partial charge in [0.15, 0.2) is 11.4 Å². The van der Waals surface area contributed by atoms with E-state index < -0.39 is 11.6 Å². The quantitative estimate of drug-likeness (QED) is 0.473. The number of carbonyl (C=O) groups excluding carboxylic acids is 1. The highest BCUT2D eigenvalue weighted by Gasteiger charge is 2.38. The van der Waals surface area contributed by atoms with E-state index in [1.165, 1.54) is 5.94 Å². The Balaban J connectivity index is 3.01. The normalized spacial score (nSPS) is 22.0. The molecule has 1 aliphatic heterocycles. The molecule has 1 aliphatic rings. The molecule has 1 fully saturated rings. The Bertz CT molecular complexity index is 319. The van der Waals surface area contributed by atoms with Gasteiger partial charge in [-0.15, -0.1) is 0 Å². The average molecular weight is 184 g/mol. The van der Waals surface area contributed by atoms with Gasteiger partial charge in [-0.1, -0.05) is 0 Å². The summed E-state index contributed by atoms with van der Waals surface area (Å²) in [5, 5.41) is 8.45. The minimum absolute atomic E-state index is 0.0818. The van der Waals surface area contributed by atoms with Gasteiger partial charge in [-0.25, -0.2) is 9.59 Å². The highest BCUT2D eigenvalue weighted by Crippen LogP contribution is 2.33. The molecule has 5 nitrogen and oxygen atoms in total. The number of carbonyl (C=O) groups is 1. The van der Waals surface area contributed by atoms with Crippen molar-refractivity contribution in [2.24, 2.45) is 0 Å². The second-order valence-electron chi connectivity index (χ2n) is 2.95. The van der Waals surface area contributed by atoms with Gasteiger partial charge in [-0.3, -0.25) is 0 Å². The minimum atomic E-state index is -1.15. The molecule has 0 aromatic heterocycles. The molecule has 13 heavy (non-hydrogen) atoms. The third kappa shape index (κ3) is 1.89. The van der Waals surface area contributed by atoms with Gasteiger partial charge in [0, 0.05) is 0 Å². The molecule has 0 unspecified atom stereocenters. The summed E-state index contributed by atoms with van der Waals surface area (Å²) >= 11 is 0. The van der Waals surface area contributed by atoms with Crippen LogP contribution >= 0.6 is 0 Å². The van der Waals surface area contributed by atoms with Crippen LogP contribution in [-0.2, 0) is 19.1 Å². The minimum Gasteiger partial charge on any atom is -0.478 e. The molecule has 1 rings (SSSR count). The zero-order valence-electron chi connectivity index (χ0n) is 7.16. The third-order valence-electron chi connectivity index (χ3n) is 1.48. The van der Waals surface area contributed by atoms with E-state index in [4.69, 9.17) is 14.6 Å². The second kappa shape index (κ2) is 2.95. The lowest BCUT2D eigenvalue weighted by molar-refractivity contribution is -0.131. The first-order valence-corrected chi connectivity index (χ1v) is 3.53. The lowest BCUT2D eigenvalue weighted by Gasteiger charge is -2.13.